The van der Waals surface area contributed by atoms with Crippen LogP contribution in [0.5, 0.6) is 11.5 Å². The maximum Gasteiger partial charge on any atom is 0.223 e. The van der Waals surface area contributed by atoms with Crippen LogP contribution in [0, 0.1) is 5.41 Å². The summed E-state index contributed by atoms with van der Waals surface area (Å²) in [5.74, 6) is 1.15. The molecule has 1 atom stereocenters. The predicted molar refractivity (Wildman–Crippen MR) is 110 cm³/mol. The number of ether oxygens (including phenoxy) is 2. The van der Waals surface area contributed by atoms with Gasteiger partial charge >= 0.3 is 0 Å². The van der Waals surface area contributed by atoms with Gasteiger partial charge in [-0.25, -0.2) is 0 Å². The summed E-state index contributed by atoms with van der Waals surface area (Å²) in [6.07, 6.45) is 2.57. The fourth-order valence-corrected chi connectivity index (χ4v) is 4.50. The quantitative estimate of drug-likeness (QED) is 0.803. The number of hydrogen-bond donors (Lipinski definition) is 1. The second-order valence-corrected chi connectivity index (χ2v) is 8.70. The first-order valence-corrected chi connectivity index (χ1v) is 10.2. The Kier molecular flexibility index (Phi) is 5.92. The molecular formula is C23H31NO5. The summed E-state index contributed by atoms with van der Waals surface area (Å²) in [5.41, 5.74) is 1.89. The average Bonchev–Trinajstić information content (AvgIpc) is 2.65. The molecule has 1 heterocycles. The van der Waals surface area contributed by atoms with Crippen molar-refractivity contribution in [3.05, 3.63) is 34.6 Å². The number of carbonyl (C=O) groups is 2. The van der Waals surface area contributed by atoms with E-state index in [-0.39, 0.29) is 22.9 Å². The Hall–Kier alpha value is -2.50. The zero-order chi connectivity index (χ0) is 21.3. The maximum atomic E-state index is 13.1. The summed E-state index contributed by atoms with van der Waals surface area (Å²) in [6, 6.07) is 3.16. The highest BCUT2D eigenvalue weighted by Crippen LogP contribution is 2.46. The average molecular weight is 402 g/mol. The molecule has 1 aromatic carbocycles. The van der Waals surface area contributed by atoms with Crippen molar-refractivity contribution >= 4 is 11.7 Å². The fraction of sp³-hybridized carbons (Fsp3) is 0.565. The van der Waals surface area contributed by atoms with Crippen molar-refractivity contribution in [2.45, 2.75) is 58.9 Å². The minimum Gasteiger partial charge on any atom is -0.512 e. The molecule has 0 radical (unpaired) electrons. The number of allylic oxidation sites excluding steroid dienone is 1. The molecule has 1 aromatic rings. The largest absolute Gasteiger partial charge is 0.512 e. The number of hydrogen-bond acceptors (Lipinski definition) is 5. The van der Waals surface area contributed by atoms with Crippen LogP contribution in [0.25, 0.3) is 0 Å². The molecule has 29 heavy (non-hydrogen) atoms. The molecule has 1 aliphatic heterocycles. The smallest absolute Gasteiger partial charge is 0.223 e. The van der Waals surface area contributed by atoms with E-state index in [0.29, 0.717) is 49.3 Å². The van der Waals surface area contributed by atoms with E-state index in [1.165, 1.54) is 0 Å². The highest BCUT2D eigenvalue weighted by atomic mass is 16.5. The van der Waals surface area contributed by atoms with Crippen LogP contribution in [0.4, 0.5) is 0 Å². The van der Waals surface area contributed by atoms with Gasteiger partial charge < -0.3 is 19.5 Å². The molecule has 0 saturated carbocycles. The van der Waals surface area contributed by atoms with Gasteiger partial charge in [0.1, 0.15) is 5.76 Å². The van der Waals surface area contributed by atoms with Crippen LogP contribution >= 0.6 is 0 Å². The van der Waals surface area contributed by atoms with E-state index >= 15 is 0 Å². The third-order valence-corrected chi connectivity index (χ3v) is 5.83. The number of amides is 1. The van der Waals surface area contributed by atoms with Gasteiger partial charge in [-0.2, -0.15) is 0 Å². The Labute approximate surface area is 172 Å². The highest BCUT2D eigenvalue weighted by Gasteiger charge is 2.42. The molecule has 0 bridgehead atoms. The van der Waals surface area contributed by atoms with Crippen molar-refractivity contribution < 1.29 is 24.2 Å². The van der Waals surface area contributed by atoms with Gasteiger partial charge in [-0.15, -0.1) is 0 Å². The van der Waals surface area contributed by atoms with Gasteiger partial charge in [0.25, 0.3) is 0 Å². The van der Waals surface area contributed by atoms with Crippen LogP contribution in [0.3, 0.4) is 0 Å². The lowest BCUT2D eigenvalue weighted by Gasteiger charge is -2.41. The normalized spacial score (nSPS) is 21.1. The zero-order valence-corrected chi connectivity index (χ0v) is 18.0. The molecule has 0 spiro atoms. The number of fused-ring (bicyclic) bond motifs is 1. The molecule has 1 N–H and O–H groups in total. The van der Waals surface area contributed by atoms with Gasteiger partial charge in [0.2, 0.25) is 5.91 Å². The van der Waals surface area contributed by atoms with Crippen LogP contribution in [0.15, 0.2) is 23.5 Å². The fourth-order valence-electron chi connectivity index (χ4n) is 4.50. The highest BCUT2D eigenvalue weighted by molar-refractivity contribution is 5.99. The first-order chi connectivity index (χ1) is 13.7. The Balaban J connectivity index is 2.19. The topological polar surface area (TPSA) is 76.1 Å². The number of carbonyl (C=O) groups excluding carboxylic acids is 2. The third kappa shape index (κ3) is 3.98. The summed E-state index contributed by atoms with van der Waals surface area (Å²) >= 11 is 0. The summed E-state index contributed by atoms with van der Waals surface area (Å²) in [5, 5.41) is 10.9. The van der Waals surface area contributed by atoms with Crippen molar-refractivity contribution in [2.24, 2.45) is 5.41 Å². The van der Waals surface area contributed by atoms with E-state index in [0.717, 1.165) is 17.5 Å². The van der Waals surface area contributed by atoms with Crippen molar-refractivity contribution in [2.75, 3.05) is 20.8 Å². The van der Waals surface area contributed by atoms with Crippen molar-refractivity contribution in [1.82, 2.24) is 4.90 Å². The third-order valence-electron chi connectivity index (χ3n) is 5.83. The van der Waals surface area contributed by atoms with Gasteiger partial charge in [-0.3, -0.25) is 9.59 Å². The van der Waals surface area contributed by atoms with E-state index in [9.17, 15) is 14.7 Å². The van der Waals surface area contributed by atoms with Crippen molar-refractivity contribution in [3.63, 3.8) is 0 Å². The van der Waals surface area contributed by atoms with Gasteiger partial charge in [-0.05, 0) is 41.5 Å². The van der Waals surface area contributed by atoms with Gasteiger partial charge in [-0.1, -0.05) is 20.8 Å². The van der Waals surface area contributed by atoms with E-state index in [4.69, 9.17) is 9.47 Å². The molecule has 2 aliphatic rings. The van der Waals surface area contributed by atoms with Gasteiger partial charge in [0, 0.05) is 25.8 Å². The molecule has 0 saturated heterocycles. The minimum atomic E-state index is -0.596. The molecule has 0 fully saturated rings. The number of Topliss-reactive ketones (excluding diaryl/α,β-unsaturated/α-hetero) is 1. The Morgan fingerprint density at radius 2 is 1.86 bits per heavy atom. The number of benzene rings is 1. The molecule has 1 aliphatic carbocycles. The zero-order valence-electron chi connectivity index (χ0n) is 18.0. The second kappa shape index (κ2) is 8.09. The van der Waals surface area contributed by atoms with Gasteiger partial charge in [0.05, 0.1) is 25.8 Å². The minimum absolute atomic E-state index is 0.00383. The molecular weight excluding hydrogens is 370 g/mol. The van der Waals surface area contributed by atoms with E-state index in [1.54, 1.807) is 19.1 Å². The summed E-state index contributed by atoms with van der Waals surface area (Å²) in [4.78, 5) is 27.8. The number of nitrogens with zero attached hydrogens (tertiary/aromatic N) is 1. The van der Waals surface area contributed by atoms with E-state index < -0.39 is 6.04 Å². The lowest BCUT2D eigenvalue weighted by atomic mass is 9.73. The molecule has 6 heteroatoms. The van der Waals surface area contributed by atoms with Gasteiger partial charge in [0.15, 0.2) is 17.3 Å². The van der Waals surface area contributed by atoms with Crippen LogP contribution in [0.2, 0.25) is 0 Å². The molecule has 0 unspecified atom stereocenters. The number of aliphatic hydroxyl groups is 1. The van der Waals surface area contributed by atoms with E-state index in [2.05, 4.69) is 0 Å². The maximum absolute atomic E-state index is 13.1. The first kappa shape index (κ1) is 21.2. The van der Waals surface area contributed by atoms with Crippen LogP contribution < -0.4 is 9.47 Å². The Morgan fingerprint density at radius 3 is 2.45 bits per heavy atom. The Bertz CT molecular complexity index is 855. The second-order valence-electron chi connectivity index (χ2n) is 8.70. The lowest BCUT2D eigenvalue weighted by Crippen LogP contribution is -2.43. The van der Waals surface area contributed by atoms with Crippen LogP contribution in [-0.2, 0) is 16.0 Å². The SMILES string of the molecule is CCCC(=O)N1CCc2cc(OC)c(OC)cc2[C@@H]1C1=C(O)CC(C)(C)CC1=O. The Morgan fingerprint density at radius 1 is 1.21 bits per heavy atom. The summed E-state index contributed by atoms with van der Waals surface area (Å²) in [6.45, 7) is 6.41. The van der Waals surface area contributed by atoms with E-state index in [1.807, 2.05) is 32.9 Å². The first-order valence-electron chi connectivity index (χ1n) is 10.2. The predicted octanol–water partition coefficient (Wildman–Crippen LogP) is 4.13. The molecule has 1 amide bonds. The number of methoxy groups -OCH3 is 2. The lowest BCUT2D eigenvalue weighted by molar-refractivity contribution is -0.134. The monoisotopic (exact) mass is 401 g/mol. The summed E-state index contributed by atoms with van der Waals surface area (Å²) < 4.78 is 10.9. The number of aliphatic hydroxyl groups excluding tert-OH is 1. The van der Waals surface area contributed by atoms with Crippen molar-refractivity contribution in [3.8, 4) is 11.5 Å². The summed E-state index contributed by atoms with van der Waals surface area (Å²) in [7, 11) is 3.15. The number of ketones is 1. The molecule has 3 rings (SSSR count). The van der Waals surface area contributed by atoms with Crippen LogP contribution in [-0.4, -0.2) is 42.5 Å². The van der Waals surface area contributed by atoms with Crippen molar-refractivity contribution in [1.29, 1.82) is 0 Å². The molecule has 6 nitrogen and oxygen atoms in total. The van der Waals surface area contributed by atoms with Crippen LogP contribution in [0.1, 0.15) is 63.6 Å². The molecule has 0 aromatic heterocycles. The standard InChI is InChI=1S/C23H31NO5/c1-6-7-20(27)24-9-8-14-10-18(28-4)19(29-5)11-15(14)22(24)21-16(25)12-23(2,3)13-17(21)26/h10-11,22,25H,6-9,12-13H2,1-5H3/t22-/m1/s1. The molecule has 158 valence electrons. The number of rotatable bonds is 5.